The number of aromatic nitrogens is 2. The van der Waals surface area contributed by atoms with Gasteiger partial charge in [-0.05, 0) is 25.0 Å². The minimum Gasteiger partial charge on any atom is -0.322 e. The number of hydrogen-bond acceptors (Lipinski definition) is 4. The predicted molar refractivity (Wildman–Crippen MR) is 91.8 cm³/mol. The van der Waals surface area contributed by atoms with Crippen molar-refractivity contribution in [2.45, 2.75) is 25.0 Å². The molecule has 140 valence electrons. The molecule has 7 nitrogen and oxygen atoms in total. The van der Waals surface area contributed by atoms with Crippen LogP contribution >= 0.6 is 0 Å². The van der Waals surface area contributed by atoms with E-state index in [0.29, 0.717) is 5.69 Å². The lowest BCUT2D eigenvalue weighted by Gasteiger charge is -2.14. The molecule has 3 rings (SSSR count). The molecule has 2 heterocycles. The number of amides is 1. The lowest BCUT2D eigenvalue weighted by molar-refractivity contribution is -0.115. The summed E-state index contributed by atoms with van der Waals surface area (Å²) in [6.45, 7) is 1.97. The van der Waals surface area contributed by atoms with Crippen molar-refractivity contribution in [2.24, 2.45) is 0 Å². The van der Waals surface area contributed by atoms with Crippen LogP contribution in [-0.2, 0) is 14.8 Å². The van der Waals surface area contributed by atoms with Gasteiger partial charge in [-0.2, -0.15) is 5.10 Å². The topological polar surface area (TPSA) is 84.3 Å². The highest BCUT2D eigenvalue weighted by atomic mass is 32.2. The molecule has 0 spiro atoms. The van der Waals surface area contributed by atoms with Crippen molar-refractivity contribution < 1.29 is 22.0 Å². The third-order valence-corrected chi connectivity index (χ3v) is 6.63. The third-order valence-electron chi connectivity index (χ3n) is 4.41. The maximum atomic E-state index is 13.6. The average Bonchev–Trinajstić information content (AvgIpc) is 3.09. The first-order valence-electron chi connectivity index (χ1n) is 7.91. The summed E-state index contributed by atoms with van der Waals surface area (Å²) in [7, 11) is -2.39. The van der Waals surface area contributed by atoms with Crippen molar-refractivity contribution in [3.8, 4) is 5.69 Å². The third kappa shape index (κ3) is 3.10. The number of rotatable bonds is 4. The molecule has 2 aromatic rings. The fourth-order valence-corrected chi connectivity index (χ4v) is 4.46. The minimum atomic E-state index is -3.76. The lowest BCUT2D eigenvalue weighted by Crippen LogP contribution is -2.35. The first-order chi connectivity index (χ1) is 12.2. The number of sulfonamides is 1. The number of halogens is 2. The van der Waals surface area contributed by atoms with Crippen LogP contribution in [-0.4, -0.2) is 47.3 Å². The summed E-state index contributed by atoms with van der Waals surface area (Å²) >= 11 is 0. The van der Waals surface area contributed by atoms with Crippen molar-refractivity contribution in [3.05, 3.63) is 41.7 Å². The van der Waals surface area contributed by atoms with Crippen LogP contribution in [0.3, 0.4) is 0 Å². The van der Waals surface area contributed by atoms with E-state index in [1.54, 1.807) is 31.2 Å². The Hall–Kier alpha value is -2.33. The summed E-state index contributed by atoms with van der Waals surface area (Å²) in [6.07, 6.45) is -1.69. The second kappa shape index (κ2) is 6.76. The Kier molecular flexibility index (Phi) is 4.80. The molecule has 26 heavy (non-hydrogen) atoms. The van der Waals surface area contributed by atoms with Crippen LogP contribution < -0.4 is 5.32 Å². The van der Waals surface area contributed by atoms with Gasteiger partial charge in [-0.15, -0.1) is 0 Å². The average molecular weight is 384 g/mol. The normalized spacial score (nSPS) is 19.8. The van der Waals surface area contributed by atoms with Crippen LogP contribution in [0, 0.1) is 6.92 Å². The van der Waals surface area contributed by atoms with E-state index >= 15 is 0 Å². The van der Waals surface area contributed by atoms with Gasteiger partial charge in [-0.25, -0.2) is 26.2 Å². The number of nitrogens with zero attached hydrogens (tertiary/aromatic N) is 3. The first-order valence-corrected chi connectivity index (χ1v) is 9.42. The monoisotopic (exact) mass is 384 g/mol. The molecule has 0 saturated carbocycles. The largest absolute Gasteiger partial charge is 0.322 e. The fourth-order valence-electron chi connectivity index (χ4n) is 2.93. The molecule has 1 saturated heterocycles. The number of carbonyl (C=O) groups is 1. The smallest absolute Gasteiger partial charge is 0.282 e. The summed E-state index contributed by atoms with van der Waals surface area (Å²) in [5.74, 6) is -0.833. The second-order valence-corrected chi connectivity index (χ2v) is 8.30. The van der Waals surface area contributed by atoms with Gasteiger partial charge < -0.3 is 5.32 Å². The van der Waals surface area contributed by atoms with Crippen LogP contribution in [0.25, 0.3) is 5.69 Å². The Morgan fingerprint density at radius 2 is 2.04 bits per heavy atom. The second-order valence-electron chi connectivity index (χ2n) is 6.08. The van der Waals surface area contributed by atoms with Crippen LogP contribution in [0.5, 0.6) is 0 Å². The highest BCUT2D eigenvalue weighted by molar-refractivity contribution is 7.90. The molecule has 1 aromatic heterocycles. The van der Waals surface area contributed by atoms with E-state index < -0.39 is 33.3 Å². The van der Waals surface area contributed by atoms with Gasteiger partial charge in [0.15, 0.2) is 5.25 Å². The summed E-state index contributed by atoms with van der Waals surface area (Å²) < 4.78 is 53.7. The van der Waals surface area contributed by atoms with E-state index in [1.807, 2.05) is 0 Å². The number of aryl methyl sites for hydroxylation is 1. The van der Waals surface area contributed by atoms with Crippen LogP contribution in [0.1, 0.15) is 24.1 Å². The Morgan fingerprint density at radius 3 is 2.62 bits per heavy atom. The van der Waals surface area contributed by atoms with Crippen molar-refractivity contribution in [1.29, 1.82) is 0 Å². The van der Waals surface area contributed by atoms with Gasteiger partial charge in [-0.1, -0.05) is 18.2 Å². The summed E-state index contributed by atoms with van der Waals surface area (Å²) in [5.41, 5.74) is 0.501. The summed E-state index contributed by atoms with van der Waals surface area (Å²) in [5, 5.41) is 4.98. The molecule has 1 aromatic carbocycles. The zero-order valence-electron chi connectivity index (χ0n) is 14.2. The number of anilines is 1. The standard InChI is InChI=1S/C16H18F2N4O3S/c1-10-5-3-4-6-12(10)22-14(15(17)18)11(9-19-22)20-16(23)13-7-8-21(2)26(13,24)25/h3-6,9,13,15H,7-8H2,1-2H3,(H,20,23). The number of nitrogens with one attached hydrogen (secondary N) is 1. The summed E-state index contributed by atoms with van der Waals surface area (Å²) in [4.78, 5) is 12.4. The Bertz CT molecular complexity index is 943. The van der Waals surface area contributed by atoms with Gasteiger partial charge in [0, 0.05) is 13.6 Å². The fraction of sp³-hybridized carbons (Fsp3) is 0.375. The first kappa shape index (κ1) is 18.5. The highest BCUT2D eigenvalue weighted by Crippen LogP contribution is 2.31. The minimum absolute atomic E-state index is 0.112. The molecule has 1 N–H and O–H groups in total. The number of carbonyl (C=O) groups excluding carboxylic acids is 1. The molecule has 1 unspecified atom stereocenters. The molecule has 10 heteroatoms. The van der Waals surface area contributed by atoms with Gasteiger partial charge in [-0.3, -0.25) is 4.79 Å². The number of benzene rings is 1. The molecule has 0 bridgehead atoms. The van der Waals surface area contributed by atoms with E-state index in [2.05, 4.69) is 10.4 Å². The van der Waals surface area contributed by atoms with Gasteiger partial charge in [0.05, 0.1) is 17.6 Å². The Balaban J connectivity index is 1.95. The van der Waals surface area contributed by atoms with E-state index in [-0.39, 0.29) is 18.7 Å². The molecule has 1 fully saturated rings. The Labute approximate surface area is 149 Å². The summed E-state index contributed by atoms with van der Waals surface area (Å²) in [6, 6.07) is 6.86. The van der Waals surface area contributed by atoms with E-state index in [1.165, 1.54) is 7.05 Å². The predicted octanol–water partition coefficient (Wildman–Crippen LogP) is 2.09. The highest BCUT2D eigenvalue weighted by Gasteiger charge is 2.42. The van der Waals surface area contributed by atoms with Crippen molar-refractivity contribution in [3.63, 3.8) is 0 Å². The van der Waals surface area contributed by atoms with Crippen LogP contribution in [0.15, 0.2) is 30.5 Å². The van der Waals surface area contributed by atoms with Gasteiger partial charge in [0.25, 0.3) is 6.43 Å². The number of alkyl halides is 2. The van der Waals surface area contributed by atoms with Gasteiger partial charge in [0.2, 0.25) is 15.9 Å². The van der Waals surface area contributed by atoms with Gasteiger partial charge >= 0.3 is 0 Å². The van der Waals surface area contributed by atoms with E-state index in [0.717, 1.165) is 20.7 Å². The molecule has 1 aliphatic heterocycles. The SMILES string of the molecule is Cc1ccccc1-n1ncc(NC(=O)C2CCN(C)S2(=O)=O)c1C(F)F. The molecule has 1 aliphatic rings. The molecule has 1 atom stereocenters. The van der Waals surface area contributed by atoms with Gasteiger partial charge in [0.1, 0.15) is 5.69 Å². The molecule has 0 aliphatic carbocycles. The zero-order valence-corrected chi connectivity index (χ0v) is 15.0. The Morgan fingerprint density at radius 1 is 1.35 bits per heavy atom. The lowest BCUT2D eigenvalue weighted by atomic mass is 10.2. The van der Waals surface area contributed by atoms with Crippen molar-refractivity contribution in [1.82, 2.24) is 14.1 Å². The number of hydrogen-bond donors (Lipinski definition) is 1. The van der Waals surface area contributed by atoms with Crippen LogP contribution in [0.2, 0.25) is 0 Å². The molecule has 0 radical (unpaired) electrons. The van der Waals surface area contributed by atoms with E-state index in [9.17, 15) is 22.0 Å². The zero-order chi connectivity index (χ0) is 19.1. The maximum absolute atomic E-state index is 13.6. The van der Waals surface area contributed by atoms with Crippen molar-refractivity contribution in [2.75, 3.05) is 18.9 Å². The molecular formula is C16H18F2N4O3S. The molecule has 1 amide bonds. The number of para-hydroxylation sites is 1. The molecular weight excluding hydrogens is 366 g/mol. The maximum Gasteiger partial charge on any atom is 0.282 e. The van der Waals surface area contributed by atoms with Crippen LogP contribution in [0.4, 0.5) is 14.5 Å². The quantitative estimate of drug-likeness (QED) is 0.875. The van der Waals surface area contributed by atoms with Crippen molar-refractivity contribution >= 4 is 21.6 Å². The van der Waals surface area contributed by atoms with E-state index in [4.69, 9.17) is 0 Å².